The van der Waals surface area contributed by atoms with Gasteiger partial charge in [-0.05, 0) is 25.1 Å². The fraction of sp³-hybridized carbons (Fsp3) is 0.417. The second-order valence-electron chi connectivity index (χ2n) is 4.25. The molecule has 0 radical (unpaired) electrons. The second kappa shape index (κ2) is 5.72. The predicted octanol–water partition coefficient (Wildman–Crippen LogP) is 3.48. The van der Waals surface area contributed by atoms with Crippen molar-refractivity contribution in [3.8, 4) is 0 Å². The van der Waals surface area contributed by atoms with Crippen LogP contribution in [0.5, 0.6) is 0 Å². The van der Waals surface area contributed by atoms with Crippen LogP contribution >= 0.6 is 27.5 Å². The van der Waals surface area contributed by atoms with Crippen molar-refractivity contribution < 1.29 is 4.21 Å². The van der Waals surface area contributed by atoms with Crippen molar-refractivity contribution in [2.24, 2.45) is 0 Å². The second-order valence-corrected chi connectivity index (χ2v) is 6.92. The monoisotopic (exact) mass is 348 g/mol. The minimum Gasteiger partial charge on any atom is -0.323 e. The summed E-state index contributed by atoms with van der Waals surface area (Å²) in [5.74, 6) is 1.78. The molecule has 2 rings (SSSR count). The van der Waals surface area contributed by atoms with Crippen molar-refractivity contribution in [2.45, 2.75) is 18.8 Å². The van der Waals surface area contributed by atoms with Crippen LogP contribution in [0.2, 0.25) is 0 Å². The zero-order valence-corrected chi connectivity index (χ0v) is 13.3. The average Bonchev–Trinajstić information content (AvgIpc) is 2.65. The SMILES string of the molecule is CC(CS(C)=O)n1c(CCl)nc2cc(Br)ccc21. The summed E-state index contributed by atoms with van der Waals surface area (Å²) in [5.41, 5.74) is 1.94. The molecule has 18 heavy (non-hydrogen) atoms. The molecule has 6 heteroatoms. The molecule has 1 aromatic carbocycles. The van der Waals surface area contributed by atoms with Crippen molar-refractivity contribution in [1.82, 2.24) is 9.55 Å². The summed E-state index contributed by atoms with van der Waals surface area (Å²) in [5, 5.41) is 0. The van der Waals surface area contributed by atoms with Crippen molar-refractivity contribution in [3.05, 3.63) is 28.5 Å². The van der Waals surface area contributed by atoms with E-state index in [1.165, 1.54) is 0 Å². The molecule has 3 nitrogen and oxygen atoms in total. The van der Waals surface area contributed by atoms with Gasteiger partial charge in [0.2, 0.25) is 0 Å². The Morgan fingerprint density at radius 3 is 2.89 bits per heavy atom. The van der Waals surface area contributed by atoms with Gasteiger partial charge in [-0.1, -0.05) is 15.9 Å². The van der Waals surface area contributed by atoms with Gasteiger partial charge in [-0.15, -0.1) is 11.6 Å². The van der Waals surface area contributed by atoms with Gasteiger partial charge >= 0.3 is 0 Å². The molecule has 0 amide bonds. The summed E-state index contributed by atoms with van der Waals surface area (Å²) in [6, 6.07) is 6.08. The van der Waals surface area contributed by atoms with Crippen molar-refractivity contribution in [1.29, 1.82) is 0 Å². The van der Waals surface area contributed by atoms with E-state index in [0.29, 0.717) is 11.6 Å². The van der Waals surface area contributed by atoms with Crippen LogP contribution in [0.15, 0.2) is 22.7 Å². The first-order valence-corrected chi connectivity index (χ1v) is 8.60. The van der Waals surface area contributed by atoms with Gasteiger partial charge in [-0.2, -0.15) is 0 Å². The quantitative estimate of drug-likeness (QED) is 0.792. The molecule has 0 saturated carbocycles. The zero-order valence-electron chi connectivity index (χ0n) is 10.2. The van der Waals surface area contributed by atoms with Gasteiger partial charge in [0.05, 0.1) is 16.9 Å². The molecule has 0 saturated heterocycles. The summed E-state index contributed by atoms with van der Waals surface area (Å²) in [7, 11) is -0.839. The Labute approximate surface area is 122 Å². The standard InChI is InChI=1S/C12H14BrClN2OS/c1-8(7-18(2)17)16-11-4-3-9(13)5-10(11)15-12(16)6-14/h3-5,8H,6-7H2,1-2H3. The summed E-state index contributed by atoms with van der Waals surface area (Å²) >= 11 is 9.39. The zero-order chi connectivity index (χ0) is 13.3. The van der Waals surface area contributed by atoms with E-state index in [0.717, 1.165) is 21.3 Å². The van der Waals surface area contributed by atoms with Gasteiger partial charge in [0.1, 0.15) is 5.82 Å². The highest BCUT2D eigenvalue weighted by molar-refractivity contribution is 9.10. The van der Waals surface area contributed by atoms with Crippen LogP contribution in [0.25, 0.3) is 11.0 Å². The molecule has 0 bridgehead atoms. The number of hydrogen-bond donors (Lipinski definition) is 0. The van der Waals surface area contributed by atoms with E-state index in [2.05, 4.69) is 25.5 Å². The van der Waals surface area contributed by atoms with Crippen LogP contribution in [0, 0.1) is 0 Å². The predicted molar refractivity (Wildman–Crippen MR) is 80.6 cm³/mol. The van der Waals surface area contributed by atoms with Crippen LogP contribution in [0.3, 0.4) is 0 Å². The minimum absolute atomic E-state index is 0.121. The molecule has 98 valence electrons. The van der Waals surface area contributed by atoms with E-state index in [9.17, 15) is 4.21 Å². The molecule has 1 aromatic heterocycles. The molecular weight excluding hydrogens is 336 g/mol. The highest BCUT2D eigenvalue weighted by Gasteiger charge is 2.16. The number of hydrogen-bond acceptors (Lipinski definition) is 2. The number of fused-ring (bicyclic) bond motifs is 1. The molecule has 2 unspecified atom stereocenters. The number of imidazole rings is 1. The van der Waals surface area contributed by atoms with Crippen LogP contribution in [0.1, 0.15) is 18.8 Å². The Morgan fingerprint density at radius 1 is 1.56 bits per heavy atom. The number of halogens is 2. The lowest BCUT2D eigenvalue weighted by Crippen LogP contribution is -2.15. The molecular formula is C12H14BrClN2OS. The number of rotatable bonds is 4. The first-order chi connectivity index (χ1) is 8.52. The number of aromatic nitrogens is 2. The van der Waals surface area contributed by atoms with E-state index in [4.69, 9.17) is 11.6 Å². The first kappa shape index (κ1) is 14.0. The summed E-state index contributed by atoms with van der Waals surface area (Å²) < 4.78 is 14.4. The molecule has 0 aliphatic carbocycles. The highest BCUT2D eigenvalue weighted by Crippen LogP contribution is 2.25. The van der Waals surface area contributed by atoms with Crippen LogP contribution in [0.4, 0.5) is 0 Å². The molecule has 0 aliphatic rings. The number of alkyl halides is 1. The first-order valence-electron chi connectivity index (χ1n) is 5.55. The minimum atomic E-state index is -0.839. The Kier molecular flexibility index (Phi) is 4.45. The smallest absolute Gasteiger partial charge is 0.125 e. The maximum atomic E-state index is 11.4. The molecule has 0 N–H and O–H groups in total. The normalized spacial score (nSPS) is 14.9. The van der Waals surface area contributed by atoms with Gasteiger partial charge in [0, 0.05) is 33.3 Å². The van der Waals surface area contributed by atoms with Crippen LogP contribution < -0.4 is 0 Å². The molecule has 2 aromatic rings. The van der Waals surface area contributed by atoms with Crippen LogP contribution in [-0.2, 0) is 16.7 Å². The Hall–Kier alpha value is -0.390. The molecule has 1 heterocycles. The third-order valence-corrected chi connectivity index (χ3v) is 4.44. The Bertz CT molecular complexity index is 599. The lowest BCUT2D eigenvalue weighted by Gasteiger charge is -2.15. The van der Waals surface area contributed by atoms with Gasteiger partial charge in [0.15, 0.2) is 0 Å². The van der Waals surface area contributed by atoms with E-state index in [-0.39, 0.29) is 6.04 Å². The molecule has 2 atom stereocenters. The third-order valence-electron chi connectivity index (χ3n) is 2.76. The van der Waals surface area contributed by atoms with Crippen molar-refractivity contribution >= 4 is 49.4 Å². The van der Waals surface area contributed by atoms with Gasteiger partial charge in [0.25, 0.3) is 0 Å². The van der Waals surface area contributed by atoms with E-state index in [1.54, 1.807) is 6.26 Å². The lowest BCUT2D eigenvalue weighted by molar-refractivity contribution is 0.594. The van der Waals surface area contributed by atoms with Gasteiger partial charge < -0.3 is 4.57 Å². The topological polar surface area (TPSA) is 34.9 Å². The third kappa shape index (κ3) is 2.78. The van der Waals surface area contributed by atoms with E-state index >= 15 is 0 Å². The van der Waals surface area contributed by atoms with E-state index in [1.807, 2.05) is 25.1 Å². The maximum Gasteiger partial charge on any atom is 0.125 e. The van der Waals surface area contributed by atoms with Gasteiger partial charge in [-0.25, -0.2) is 4.98 Å². The summed E-state index contributed by atoms with van der Waals surface area (Å²) in [6.07, 6.45) is 1.71. The average molecular weight is 350 g/mol. The molecule has 0 aliphatic heterocycles. The fourth-order valence-corrected chi connectivity index (χ4v) is 3.49. The van der Waals surface area contributed by atoms with Crippen molar-refractivity contribution in [3.63, 3.8) is 0 Å². The summed E-state index contributed by atoms with van der Waals surface area (Å²) in [6.45, 7) is 2.04. The fourth-order valence-electron chi connectivity index (χ4n) is 2.12. The largest absolute Gasteiger partial charge is 0.323 e. The number of benzene rings is 1. The van der Waals surface area contributed by atoms with Crippen molar-refractivity contribution in [2.75, 3.05) is 12.0 Å². The lowest BCUT2D eigenvalue weighted by atomic mass is 10.3. The maximum absolute atomic E-state index is 11.4. The summed E-state index contributed by atoms with van der Waals surface area (Å²) in [4.78, 5) is 4.52. The van der Waals surface area contributed by atoms with Crippen LogP contribution in [-0.4, -0.2) is 25.8 Å². The Balaban J connectivity index is 2.56. The molecule has 0 spiro atoms. The highest BCUT2D eigenvalue weighted by atomic mass is 79.9. The Morgan fingerprint density at radius 2 is 2.28 bits per heavy atom. The molecule has 0 fully saturated rings. The van der Waals surface area contributed by atoms with Gasteiger partial charge in [-0.3, -0.25) is 4.21 Å². The van der Waals surface area contributed by atoms with E-state index < -0.39 is 10.8 Å². The number of nitrogens with zero attached hydrogens (tertiary/aromatic N) is 2.